The molecule has 1 aromatic heterocycles. The van der Waals surface area contributed by atoms with Crippen molar-refractivity contribution in [3.8, 4) is 17.2 Å². The second-order valence-electron chi connectivity index (χ2n) is 8.00. The van der Waals surface area contributed by atoms with Crippen molar-refractivity contribution in [2.45, 2.75) is 33.2 Å². The van der Waals surface area contributed by atoms with Gasteiger partial charge in [0.05, 0.1) is 41.2 Å². The minimum absolute atomic E-state index is 0.284. The van der Waals surface area contributed by atoms with Gasteiger partial charge in [0.1, 0.15) is 0 Å². The fourth-order valence-corrected chi connectivity index (χ4v) is 4.07. The number of hydrogen-bond acceptors (Lipinski definition) is 4. The molecule has 4 aromatic rings. The lowest BCUT2D eigenvalue weighted by atomic mass is 9.89. The smallest absolute Gasteiger partial charge is 0.340 e. The molecule has 0 atom stereocenters. The predicted octanol–water partition coefficient (Wildman–Crippen LogP) is 5.92. The van der Waals surface area contributed by atoms with Crippen molar-refractivity contribution < 1.29 is 9.53 Å². The number of esters is 1. The van der Waals surface area contributed by atoms with E-state index in [-0.39, 0.29) is 11.9 Å². The Hall–Kier alpha value is -3.91. The van der Waals surface area contributed by atoms with Crippen LogP contribution < -0.4 is 0 Å². The van der Waals surface area contributed by atoms with E-state index in [2.05, 4.69) is 43.1 Å². The summed E-state index contributed by atoms with van der Waals surface area (Å²) in [6.45, 7) is 7.01. The number of carbonyl (C=O) groups is 1. The summed E-state index contributed by atoms with van der Waals surface area (Å²) in [4.78, 5) is 17.0. The number of nitrogens with zero attached hydrogens (tertiary/aromatic N) is 3. The van der Waals surface area contributed by atoms with Crippen LogP contribution in [0.15, 0.2) is 67.0 Å². The first-order valence-electron chi connectivity index (χ1n) is 10.8. The number of nitriles is 1. The van der Waals surface area contributed by atoms with Crippen molar-refractivity contribution in [2.75, 3.05) is 6.61 Å². The number of carbonyl (C=O) groups excluding carboxylic acids is 1. The van der Waals surface area contributed by atoms with Gasteiger partial charge in [-0.15, -0.1) is 0 Å². The second-order valence-corrected chi connectivity index (χ2v) is 8.00. The summed E-state index contributed by atoms with van der Waals surface area (Å²) in [6, 6.07) is 21.8. The van der Waals surface area contributed by atoms with Crippen molar-refractivity contribution in [1.29, 1.82) is 5.26 Å². The zero-order valence-corrected chi connectivity index (χ0v) is 18.5. The van der Waals surface area contributed by atoms with Gasteiger partial charge in [0, 0.05) is 6.54 Å². The molecule has 0 fully saturated rings. The molecule has 0 N–H and O–H groups in total. The van der Waals surface area contributed by atoms with E-state index in [9.17, 15) is 10.1 Å². The summed E-state index contributed by atoms with van der Waals surface area (Å²) >= 11 is 0. The van der Waals surface area contributed by atoms with Gasteiger partial charge in [0.2, 0.25) is 0 Å². The molecule has 0 spiro atoms. The van der Waals surface area contributed by atoms with Crippen LogP contribution in [0.1, 0.15) is 53.7 Å². The molecule has 5 heteroatoms. The van der Waals surface area contributed by atoms with Gasteiger partial charge in [0.25, 0.3) is 0 Å². The molecule has 0 unspecified atom stereocenters. The lowest BCUT2D eigenvalue weighted by molar-refractivity contribution is 0.0528. The Bertz CT molecular complexity index is 1330. The maximum atomic E-state index is 12.5. The highest BCUT2D eigenvalue weighted by molar-refractivity contribution is 6.02. The zero-order valence-electron chi connectivity index (χ0n) is 18.5. The Morgan fingerprint density at radius 3 is 2.66 bits per heavy atom. The van der Waals surface area contributed by atoms with Gasteiger partial charge >= 0.3 is 5.97 Å². The number of rotatable bonds is 6. The molecular formula is C27H25N3O2. The molecule has 0 bridgehead atoms. The highest BCUT2D eigenvalue weighted by Crippen LogP contribution is 2.32. The summed E-state index contributed by atoms with van der Waals surface area (Å²) in [6.07, 6.45) is 1.77. The molecule has 5 nitrogen and oxygen atoms in total. The molecular weight excluding hydrogens is 398 g/mol. The normalized spacial score (nSPS) is 11.0. The number of hydrogen-bond donors (Lipinski definition) is 0. The summed E-state index contributed by atoms with van der Waals surface area (Å²) < 4.78 is 7.23. The van der Waals surface area contributed by atoms with Gasteiger partial charge in [0.15, 0.2) is 0 Å². The predicted molar refractivity (Wildman–Crippen MR) is 125 cm³/mol. The van der Waals surface area contributed by atoms with Crippen LogP contribution in [0.3, 0.4) is 0 Å². The summed E-state index contributed by atoms with van der Waals surface area (Å²) in [5.74, 6) is -0.0579. The maximum absolute atomic E-state index is 12.5. The summed E-state index contributed by atoms with van der Waals surface area (Å²) in [7, 11) is 0. The van der Waals surface area contributed by atoms with E-state index in [1.54, 1.807) is 19.3 Å². The zero-order chi connectivity index (χ0) is 22.7. The third-order valence-electron chi connectivity index (χ3n) is 5.56. The Kier molecular flexibility index (Phi) is 6.04. The number of para-hydroxylation sites is 1. The maximum Gasteiger partial charge on any atom is 0.340 e. The van der Waals surface area contributed by atoms with Gasteiger partial charge in [-0.2, -0.15) is 5.26 Å². The lowest BCUT2D eigenvalue weighted by Gasteiger charge is -2.17. The molecule has 3 aromatic carbocycles. The standard InChI is InChI=1S/C27H25N3O2/c1-4-32-27(31)23-10-7-11-25-26(23)30(17-29-25)16-19-12-13-22(24(14-19)18(2)3)21-9-6-5-8-20(21)15-28/h5-14,17-18H,4,16H2,1-3H3. The second kappa shape index (κ2) is 9.07. The molecule has 32 heavy (non-hydrogen) atoms. The average Bonchev–Trinajstić information content (AvgIpc) is 3.22. The van der Waals surface area contributed by atoms with E-state index in [1.165, 1.54) is 5.56 Å². The first kappa shape index (κ1) is 21.3. The molecule has 4 rings (SSSR count). The van der Waals surface area contributed by atoms with Gasteiger partial charge in [-0.3, -0.25) is 0 Å². The van der Waals surface area contributed by atoms with Crippen LogP contribution in [-0.2, 0) is 11.3 Å². The van der Waals surface area contributed by atoms with E-state index >= 15 is 0 Å². The number of fused-ring (bicyclic) bond motifs is 1. The Balaban J connectivity index is 1.77. The number of benzene rings is 3. The SMILES string of the molecule is CCOC(=O)c1cccc2ncn(Cc3ccc(-c4ccccc4C#N)c(C(C)C)c3)c12. The molecule has 160 valence electrons. The van der Waals surface area contributed by atoms with Crippen molar-refractivity contribution >= 4 is 17.0 Å². The van der Waals surface area contributed by atoms with E-state index in [0.717, 1.165) is 27.7 Å². The van der Waals surface area contributed by atoms with Crippen molar-refractivity contribution in [3.63, 3.8) is 0 Å². The number of imidazole rings is 1. The van der Waals surface area contributed by atoms with Crippen molar-refractivity contribution in [1.82, 2.24) is 9.55 Å². The quantitative estimate of drug-likeness (QED) is 0.361. The van der Waals surface area contributed by atoms with E-state index in [4.69, 9.17) is 4.74 Å². The third kappa shape index (κ3) is 4.00. The van der Waals surface area contributed by atoms with Gasteiger partial charge in [-0.05, 0) is 53.3 Å². The molecule has 0 aliphatic rings. The highest BCUT2D eigenvalue weighted by atomic mass is 16.5. The van der Waals surface area contributed by atoms with Crippen LogP contribution in [0.25, 0.3) is 22.2 Å². The van der Waals surface area contributed by atoms with Gasteiger partial charge < -0.3 is 9.30 Å². The van der Waals surface area contributed by atoms with Crippen LogP contribution in [0.5, 0.6) is 0 Å². The molecule has 0 aliphatic heterocycles. The Morgan fingerprint density at radius 1 is 1.09 bits per heavy atom. The van der Waals surface area contributed by atoms with Crippen molar-refractivity contribution in [3.05, 3.63) is 89.2 Å². The number of ether oxygens (including phenoxy) is 1. The molecule has 0 saturated heterocycles. The Labute approximate surface area is 187 Å². The molecule has 0 radical (unpaired) electrons. The Morgan fingerprint density at radius 2 is 1.91 bits per heavy atom. The first-order valence-corrected chi connectivity index (χ1v) is 10.8. The molecule has 0 aliphatic carbocycles. The largest absolute Gasteiger partial charge is 0.462 e. The van der Waals surface area contributed by atoms with Crippen LogP contribution >= 0.6 is 0 Å². The first-order chi connectivity index (χ1) is 15.5. The monoisotopic (exact) mass is 423 g/mol. The fraction of sp³-hybridized carbons (Fsp3) is 0.222. The van der Waals surface area contributed by atoms with E-state index in [1.807, 2.05) is 41.0 Å². The van der Waals surface area contributed by atoms with Gasteiger partial charge in [-0.1, -0.05) is 56.3 Å². The minimum Gasteiger partial charge on any atom is -0.462 e. The van der Waals surface area contributed by atoms with Crippen molar-refractivity contribution in [2.24, 2.45) is 0 Å². The minimum atomic E-state index is -0.342. The molecule has 1 heterocycles. The van der Waals surface area contributed by atoms with Crippen LogP contribution in [0.4, 0.5) is 0 Å². The average molecular weight is 424 g/mol. The highest BCUT2D eigenvalue weighted by Gasteiger charge is 2.17. The van der Waals surface area contributed by atoms with Gasteiger partial charge in [-0.25, -0.2) is 9.78 Å². The van der Waals surface area contributed by atoms with Crippen LogP contribution in [0, 0.1) is 11.3 Å². The van der Waals surface area contributed by atoms with E-state index in [0.29, 0.717) is 24.3 Å². The van der Waals surface area contributed by atoms with Crippen LogP contribution in [0.2, 0.25) is 0 Å². The molecule has 0 amide bonds. The van der Waals surface area contributed by atoms with E-state index < -0.39 is 0 Å². The third-order valence-corrected chi connectivity index (χ3v) is 5.56. The van der Waals surface area contributed by atoms with Crippen LogP contribution in [-0.4, -0.2) is 22.1 Å². The summed E-state index contributed by atoms with van der Waals surface area (Å²) in [5, 5.41) is 9.55. The topological polar surface area (TPSA) is 67.9 Å². The fourth-order valence-electron chi connectivity index (χ4n) is 4.07. The lowest BCUT2D eigenvalue weighted by Crippen LogP contribution is -2.08. The molecule has 0 saturated carbocycles. The number of aromatic nitrogens is 2. The summed E-state index contributed by atoms with van der Waals surface area (Å²) in [5.41, 5.74) is 7.03.